The topological polar surface area (TPSA) is 77.8 Å². The van der Waals surface area contributed by atoms with Gasteiger partial charge in [0, 0.05) is 24.6 Å². The number of ether oxygens (including phenoxy) is 2. The molecule has 6 nitrogen and oxygen atoms in total. The molecule has 0 aliphatic heterocycles. The molecule has 1 aliphatic carbocycles. The normalized spacial score (nSPS) is 14.0. The Morgan fingerprint density at radius 1 is 1.22 bits per heavy atom. The van der Waals surface area contributed by atoms with Gasteiger partial charge in [0.2, 0.25) is 5.76 Å². The average Bonchev–Trinajstić information content (AvgIpc) is 3.06. The van der Waals surface area contributed by atoms with Crippen LogP contribution in [0.4, 0.5) is 0 Å². The second kappa shape index (κ2) is 9.37. The summed E-state index contributed by atoms with van der Waals surface area (Å²) in [7, 11) is 1.55. The van der Waals surface area contributed by atoms with Gasteiger partial charge >= 0.3 is 5.97 Å². The Kier molecular flexibility index (Phi) is 6.65. The Morgan fingerprint density at radius 3 is 2.85 bits per heavy atom. The monoisotopic (exact) mass is 371 g/mol. The lowest BCUT2D eigenvalue weighted by Crippen LogP contribution is -2.30. The maximum absolute atomic E-state index is 12.4. The van der Waals surface area contributed by atoms with Crippen LogP contribution in [0.15, 0.2) is 40.3 Å². The number of para-hydroxylation sites is 1. The number of benzene rings is 1. The van der Waals surface area contributed by atoms with Crippen LogP contribution in [0.1, 0.15) is 48.2 Å². The number of rotatable bonds is 8. The van der Waals surface area contributed by atoms with Crippen molar-refractivity contribution in [2.24, 2.45) is 0 Å². The van der Waals surface area contributed by atoms with Gasteiger partial charge in [-0.05, 0) is 38.2 Å². The number of esters is 1. The van der Waals surface area contributed by atoms with E-state index in [0.717, 1.165) is 24.6 Å². The van der Waals surface area contributed by atoms with Gasteiger partial charge in [-0.1, -0.05) is 29.8 Å². The highest BCUT2D eigenvalue weighted by Crippen LogP contribution is 2.27. The molecule has 0 fully saturated rings. The van der Waals surface area contributed by atoms with Gasteiger partial charge in [-0.25, -0.2) is 4.79 Å². The van der Waals surface area contributed by atoms with Crippen molar-refractivity contribution in [2.75, 3.05) is 20.3 Å². The molecule has 27 heavy (non-hydrogen) atoms. The quantitative estimate of drug-likeness (QED) is 0.565. The number of amides is 1. The third-order valence-corrected chi connectivity index (χ3v) is 4.66. The number of fused-ring (bicyclic) bond motifs is 1. The Labute approximate surface area is 158 Å². The van der Waals surface area contributed by atoms with Crippen LogP contribution in [0.2, 0.25) is 0 Å². The molecule has 3 rings (SSSR count). The zero-order valence-electron chi connectivity index (χ0n) is 15.6. The van der Waals surface area contributed by atoms with Crippen LogP contribution in [0.5, 0.6) is 0 Å². The van der Waals surface area contributed by atoms with E-state index in [1.165, 1.54) is 18.4 Å². The molecular weight excluding hydrogens is 346 g/mol. The molecule has 6 heteroatoms. The van der Waals surface area contributed by atoms with Gasteiger partial charge < -0.3 is 19.2 Å². The Hall–Kier alpha value is -2.60. The molecule has 1 aliphatic rings. The van der Waals surface area contributed by atoms with Gasteiger partial charge in [-0.2, -0.15) is 0 Å². The van der Waals surface area contributed by atoms with Crippen molar-refractivity contribution in [3.63, 3.8) is 0 Å². The minimum absolute atomic E-state index is 0.0817. The zero-order valence-corrected chi connectivity index (χ0v) is 15.6. The van der Waals surface area contributed by atoms with E-state index in [2.05, 4.69) is 11.4 Å². The summed E-state index contributed by atoms with van der Waals surface area (Å²) in [5, 5.41) is 3.59. The SMILES string of the molecule is COCc1c(C(=O)OCC(=O)NCCC2=CCCCC2)oc2ccccc12. The first-order valence-electron chi connectivity index (χ1n) is 9.30. The van der Waals surface area contributed by atoms with Crippen molar-refractivity contribution in [3.8, 4) is 0 Å². The molecular formula is C21H25NO5. The predicted octanol–water partition coefficient (Wildman–Crippen LogP) is 3.74. The minimum atomic E-state index is -0.664. The van der Waals surface area contributed by atoms with E-state index in [9.17, 15) is 9.59 Å². The van der Waals surface area contributed by atoms with Crippen LogP contribution in [0.3, 0.4) is 0 Å². The van der Waals surface area contributed by atoms with E-state index >= 15 is 0 Å². The van der Waals surface area contributed by atoms with Crippen molar-refractivity contribution < 1.29 is 23.5 Å². The Bertz CT molecular complexity index is 836. The van der Waals surface area contributed by atoms with E-state index in [4.69, 9.17) is 13.9 Å². The second-order valence-corrected chi connectivity index (χ2v) is 6.62. The molecule has 2 aromatic rings. The molecule has 0 saturated carbocycles. The van der Waals surface area contributed by atoms with Crippen molar-refractivity contribution in [3.05, 3.63) is 47.2 Å². The van der Waals surface area contributed by atoms with Gasteiger partial charge in [0.15, 0.2) is 6.61 Å². The smallest absolute Gasteiger partial charge is 0.375 e. The summed E-state index contributed by atoms with van der Waals surface area (Å²) >= 11 is 0. The fourth-order valence-corrected chi connectivity index (χ4v) is 3.29. The van der Waals surface area contributed by atoms with Crippen LogP contribution in [0.25, 0.3) is 11.0 Å². The van der Waals surface area contributed by atoms with Crippen LogP contribution in [0, 0.1) is 0 Å². The molecule has 0 unspecified atom stereocenters. The first-order chi connectivity index (χ1) is 13.2. The maximum atomic E-state index is 12.4. The average molecular weight is 371 g/mol. The van der Waals surface area contributed by atoms with E-state index in [1.807, 2.05) is 18.2 Å². The summed E-state index contributed by atoms with van der Waals surface area (Å²) in [4.78, 5) is 24.3. The predicted molar refractivity (Wildman–Crippen MR) is 101 cm³/mol. The lowest BCUT2D eigenvalue weighted by Gasteiger charge is -2.13. The highest BCUT2D eigenvalue weighted by atomic mass is 16.5. The number of hydrogen-bond donors (Lipinski definition) is 1. The number of nitrogens with one attached hydrogen (secondary N) is 1. The molecule has 0 spiro atoms. The van der Waals surface area contributed by atoms with Crippen LogP contribution in [-0.2, 0) is 20.9 Å². The lowest BCUT2D eigenvalue weighted by atomic mass is 9.97. The first-order valence-corrected chi connectivity index (χ1v) is 9.30. The fraction of sp³-hybridized carbons (Fsp3) is 0.429. The number of furan rings is 1. The molecule has 0 saturated heterocycles. The number of carbonyl (C=O) groups is 2. The Morgan fingerprint density at radius 2 is 2.07 bits per heavy atom. The van der Waals surface area contributed by atoms with Crippen molar-refractivity contribution >= 4 is 22.8 Å². The van der Waals surface area contributed by atoms with E-state index in [-0.39, 0.29) is 24.9 Å². The summed E-state index contributed by atoms with van der Waals surface area (Å²) in [5.41, 5.74) is 2.61. The molecule has 0 radical (unpaired) electrons. The van der Waals surface area contributed by atoms with Crippen molar-refractivity contribution in [2.45, 2.75) is 38.7 Å². The summed E-state index contributed by atoms with van der Waals surface area (Å²) in [6.45, 7) is 0.450. The highest BCUT2D eigenvalue weighted by molar-refractivity contribution is 5.96. The summed E-state index contributed by atoms with van der Waals surface area (Å²) in [6, 6.07) is 7.32. The van der Waals surface area contributed by atoms with E-state index in [0.29, 0.717) is 17.7 Å². The summed E-state index contributed by atoms with van der Waals surface area (Å²) < 4.78 is 15.9. The largest absolute Gasteiger partial charge is 0.450 e. The van der Waals surface area contributed by atoms with Crippen LogP contribution < -0.4 is 5.32 Å². The van der Waals surface area contributed by atoms with Gasteiger partial charge in [0.1, 0.15) is 5.58 Å². The summed E-state index contributed by atoms with van der Waals surface area (Å²) in [6.07, 6.45) is 7.81. The number of carbonyl (C=O) groups excluding carboxylic acids is 2. The molecule has 144 valence electrons. The van der Waals surface area contributed by atoms with Crippen LogP contribution in [-0.4, -0.2) is 32.1 Å². The molecule has 1 amide bonds. The molecule has 1 heterocycles. The van der Waals surface area contributed by atoms with Gasteiger partial charge in [0.05, 0.1) is 6.61 Å². The van der Waals surface area contributed by atoms with Crippen LogP contribution >= 0.6 is 0 Å². The highest BCUT2D eigenvalue weighted by Gasteiger charge is 2.22. The molecule has 0 bridgehead atoms. The van der Waals surface area contributed by atoms with Gasteiger partial charge in [0.25, 0.3) is 5.91 Å². The third-order valence-electron chi connectivity index (χ3n) is 4.66. The van der Waals surface area contributed by atoms with Gasteiger partial charge in [-0.3, -0.25) is 4.79 Å². The maximum Gasteiger partial charge on any atom is 0.375 e. The number of methoxy groups -OCH3 is 1. The molecule has 1 aromatic carbocycles. The lowest BCUT2D eigenvalue weighted by molar-refractivity contribution is -0.124. The van der Waals surface area contributed by atoms with E-state index < -0.39 is 5.97 Å². The first kappa shape index (κ1) is 19.2. The number of hydrogen-bond acceptors (Lipinski definition) is 5. The standard InChI is InChI=1S/C21H25NO5/c1-25-13-17-16-9-5-6-10-18(16)27-20(17)21(24)26-14-19(23)22-12-11-15-7-3-2-4-8-15/h5-7,9-10H,2-4,8,11-14H2,1H3,(H,22,23). The third kappa shape index (κ3) is 4.98. The Balaban J connectivity index is 1.52. The minimum Gasteiger partial charge on any atom is -0.450 e. The molecule has 0 atom stereocenters. The number of allylic oxidation sites excluding steroid dienone is 1. The summed E-state index contributed by atoms with van der Waals surface area (Å²) in [5.74, 6) is -0.897. The fourth-order valence-electron chi connectivity index (χ4n) is 3.29. The van der Waals surface area contributed by atoms with Gasteiger partial charge in [-0.15, -0.1) is 0 Å². The molecule has 1 aromatic heterocycles. The van der Waals surface area contributed by atoms with Crippen molar-refractivity contribution in [1.82, 2.24) is 5.32 Å². The molecule has 1 N–H and O–H groups in total. The second-order valence-electron chi connectivity index (χ2n) is 6.62. The van der Waals surface area contributed by atoms with E-state index in [1.54, 1.807) is 13.2 Å². The van der Waals surface area contributed by atoms with Crippen molar-refractivity contribution in [1.29, 1.82) is 0 Å². The zero-order chi connectivity index (χ0) is 19.1.